The minimum absolute atomic E-state index is 0.194. The van der Waals surface area contributed by atoms with Gasteiger partial charge in [-0.15, -0.1) is 11.3 Å². The molecule has 6 nitrogen and oxygen atoms in total. The smallest absolute Gasteiger partial charge is 0.352 e. The van der Waals surface area contributed by atoms with Crippen molar-refractivity contribution in [3.8, 4) is 0 Å². The summed E-state index contributed by atoms with van der Waals surface area (Å²) in [7, 11) is 0. The van der Waals surface area contributed by atoms with Crippen LogP contribution in [0.5, 0.6) is 0 Å². The molecule has 0 radical (unpaired) electrons. The number of rotatable bonds is 4. The van der Waals surface area contributed by atoms with Crippen LogP contribution < -0.4 is 10.6 Å². The molecular weight excluding hydrogens is 312 g/mol. The third-order valence-electron chi connectivity index (χ3n) is 3.38. The summed E-state index contributed by atoms with van der Waals surface area (Å²) in [6, 6.07) is 9.57. The van der Waals surface area contributed by atoms with Gasteiger partial charge in [-0.2, -0.15) is 0 Å². The van der Waals surface area contributed by atoms with Gasteiger partial charge in [-0.1, -0.05) is 0 Å². The van der Waals surface area contributed by atoms with E-state index >= 15 is 0 Å². The number of carbonyl (C=O) groups is 1. The molecule has 23 heavy (non-hydrogen) atoms. The molecule has 0 bridgehead atoms. The summed E-state index contributed by atoms with van der Waals surface area (Å²) in [4.78, 5) is 19.3. The number of carboxylic acid groups (broad SMARTS) is 1. The van der Waals surface area contributed by atoms with Crippen LogP contribution in [0, 0.1) is 0 Å². The quantitative estimate of drug-likeness (QED) is 0.636. The van der Waals surface area contributed by atoms with Crippen LogP contribution >= 0.6 is 11.3 Å². The molecule has 0 fully saturated rings. The lowest BCUT2D eigenvalue weighted by Gasteiger charge is -2.20. The number of hydrogen-bond acceptors (Lipinski definition) is 5. The van der Waals surface area contributed by atoms with E-state index in [2.05, 4.69) is 40.8 Å². The number of carboxylic acids is 1. The molecule has 122 valence electrons. The molecule has 1 aromatic carbocycles. The summed E-state index contributed by atoms with van der Waals surface area (Å²) in [5.74, 6) is -0.949. The van der Waals surface area contributed by atoms with Crippen molar-refractivity contribution in [1.82, 2.24) is 9.97 Å². The molecule has 0 atom stereocenters. The van der Waals surface area contributed by atoms with E-state index in [1.807, 2.05) is 12.1 Å². The van der Waals surface area contributed by atoms with Gasteiger partial charge in [-0.3, -0.25) is 0 Å². The van der Waals surface area contributed by atoms with Crippen molar-refractivity contribution in [2.24, 2.45) is 0 Å². The van der Waals surface area contributed by atoms with E-state index in [4.69, 9.17) is 10.8 Å². The van der Waals surface area contributed by atoms with Crippen LogP contribution in [0.4, 0.5) is 11.4 Å². The molecule has 2 aromatic heterocycles. The Labute approximate surface area is 138 Å². The van der Waals surface area contributed by atoms with Crippen LogP contribution in [0.15, 0.2) is 35.8 Å². The van der Waals surface area contributed by atoms with Crippen molar-refractivity contribution >= 4 is 39.0 Å². The van der Waals surface area contributed by atoms with E-state index in [1.165, 1.54) is 17.0 Å². The molecule has 7 heteroatoms. The van der Waals surface area contributed by atoms with Crippen LogP contribution in [0.3, 0.4) is 0 Å². The molecule has 0 aliphatic heterocycles. The summed E-state index contributed by atoms with van der Waals surface area (Å²) in [5, 5.41) is 8.55. The van der Waals surface area contributed by atoms with Crippen molar-refractivity contribution in [2.45, 2.75) is 13.8 Å². The van der Waals surface area contributed by atoms with Crippen LogP contribution in [0.1, 0.15) is 24.3 Å². The predicted molar refractivity (Wildman–Crippen MR) is 95.3 cm³/mol. The van der Waals surface area contributed by atoms with E-state index < -0.39 is 5.97 Å². The minimum atomic E-state index is -0.949. The zero-order valence-electron chi connectivity index (χ0n) is 13.1. The number of H-pyrrole nitrogens is 1. The number of aromatic amines is 1. The number of aromatic nitrogens is 2. The second-order valence-corrected chi connectivity index (χ2v) is 5.70. The maximum atomic E-state index is 10.4. The summed E-state index contributed by atoms with van der Waals surface area (Å²) in [6.45, 7) is 6.39. The lowest BCUT2D eigenvalue weighted by Crippen LogP contribution is -2.21. The number of nitrogens with two attached hydrogens (primary N) is 1. The molecule has 0 saturated carbocycles. The highest BCUT2D eigenvalue weighted by Gasteiger charge is 2.07. The number of nitrogens with one attached hydrogen (secondary N) is 1. The standard InChI is InChI=1S/C10H16N2.C6H4N2O2S/c1-3-12(4-2)10-7-5-9(11)6-8-10;9-6(10)3-1-4-5(8-3)7-2-11-4/h5-8H,3-4,11H2,1-2H3;1-2,8H,(H,9,10). The van der Waals surface area contributed by atoms with E-state index in [9.17, 15) is 4.79 Å². The van der Waals surface area contributed by atoms with Gasteiger partial charge in [-0.05, 0) is 44.2 Å². The Morgan fingerprint density at radius 1 is 1.30 bits per heavy atom. The molecule has 2 heterocycles. The van der Waals surface area contributed by atoms with Crippen LogP contribution in [-0.4, -0.2) is 34.1 Å². The first-order chi connectivity index (χ1) is 11.0. The van der Waals surface area contributed by atoms with Crippen molar-refractivity contribution in [3.63, 3.8) is 0 Å². The fourth-order valence-electron chi connectivity index (χ4n) is 2.14. The fourth-order valence-corrected chi connectivity index (χ4v) is 2.81. The number of hydrogen-bond donors (Lipinski definition) is 3. The molecular formula is C16H20N4O2S. The second-order valence-electron chi connectivity index (χ2n) is 4.82. The number of nitrogens with zero attached hydrogens (tertiary/aromatic N) is 2. The van der Waals surface area contributed by atoms with Crippen LogP contribution in [0.2, 0.25) is 0 Å². The predicted octanol–water partition coefficient (Wildman–Crippen LogP) is 3.44. The van der Waals surface area contributed by atoms with Gasteiger partial charge in [-0.25, -0.2) is 9.78 Å². The van der Waals surface area contributed by atoms with Gasteiger partial charge in [0.05, 0.1) is 10.2 Å². The van der Waals surface area contributed by atoms with Crippen LogP contribution in [-0.2, 0) is 0 Å². The Kier molecular flexibility index (Phi) is 5.59. The summed E-state index contributed by atoms with van der Waals surface area (Å²) in [6.07, 6.45) is 0. The number of fused-ring (bicyclic) bond motifs is 1. The molecule has 0 amide bonds. The van der Waals surface area contributed by atoms with Gasteiger partial charge in [0.1, 0.15) is 11.3 Å². The normalized spacial score (nSPS) is 10.2. The molecule has 4 N–H and O–H groups in total. The first-order valence-electron chi connectivity index (χ1n) is 7.31. The largest absolute Gasteiger partial charge is 0.477 e. The third-order valence-corrected chi connectivity index (χ3v) is 4.15. The topological polar surface area (TPSA) is 95.2 Å². The van der Waals surface area contributed by atoms with E-state index in [0.29, 0.717) is 5.65 Å². The van der Waals surface area contributed by atoms with Gasteiger partial charge in [0, 0.05) is 24.5 Å². The SMILES string of the molecule is CCN(CC)c1ccc(N)cc1.O=C(O)c1cc2scnc2[nH]1. The fraction of sp³-hybridized carbons (Fsp3) is 0.250. The van der Waals surface area contributed by atoms with Crippen LogP contribution in [0.25, 0.3) is 10.3 Å². The molecule has 0 spiro atoms. The zero-order valence-corrected chi connectivity index (χ0v) is 13.9. The number of benzene rings is 1. The lowest BCUT2D eigenvalue weighted by atomic mass is 10.2. The van der Waals surface area contributed by atoms with Gasteiger partial charge >= 0.3 is 5.97 Å². The zero-order chi connectivity index (χ0) is 16.8. The highest BCUT2D eigenvalue weighted by atomic mass is 32.1. The average Bonchev–Trinajstić information content (AvgIpc) is 3.12. The number of thiazole rings is 1. The van der Waals surface area contributed by atoms with Crippen molar-refractivity contribution in [1.29, 1.82) is 0 Å². The average molecular weight is 332 g/mol. The molecule has 0 unspecified atom stereocenters. The number of anilines is 2. The van der Waals surface area contributed by atoms with Gasteiger partial charge in [0.15, 0.2) is 0 Å². The maximum Gasteiger partial charge on any atom is 0.352 e. The summed E-state index contributed by atoms with van der Waals surface area (Å²) < 4.78 is 0.877. The van der Waals surface area contributed by atoms with E-state index in [0.717, 1.165) is 23.5 Å². The Morgan fingerprint density at radius 3 is 2.48 bits per heavy atom. The minimum Gasteiger partial charge on any atom is -0.477 e. The van der Waals surface area contributed by atoms with Crippen molar-refractivity contribution < 1.29 is 9.90 Å². The highest BCUT2D eigenvalue weighted by Crippen LogP contribution is 2.18. The molecule has 3 rings (SSSR count). The Balaban J connectivity index is 0.000000167. The Morgan fingerprint density at radius 2 is 1.96 bits per heavy atom. The van der Waals surface area contributed by atoms with Gasteiger partial charge in [0.25, 0.3) is 0 Å². The van der Waals surface area contributed by atoms with E-state index in [-0.39, 0.29) is 5.69 Å². The van der Waals surface area contributed by atoms with Gasteiger partial charge < -0.3 is 20.7 Å². The Bertz CT molecular complexity index is 731. The third kappa shape index (κ3) is 4.23. The van der Waals surface area contributed by atoms with E-state index in [1.54, 1.807) is 11.6 Å². The number of aromatic carboxylic acids is 1. The molecule has 0 aliphatic carbocycles. The van der Waals surface area contributed by atoms with Crippen molar-refractivity contribution in [3.05, 3.63) is 41.5 Å². The second kappa shape index (κ2) is 7.64. The highest BCUT2D eigenvalue weighted by molar-refractivity contribution is 7.16. The lowest BCUT2D eigenvalue weighted by molar-refractivity contribution is 0.0691. The monoisotopic (exact) mass is 332 g/mol. The summed E-state index contributed by atoms with van der Waals surface area (Å²) >= 11 is 1.42. The molecule has 3 aromatic rings. The maximum absolute atomic E-state index is 10.4. The number of nitrogen functional groups attached to an aromatic ring is 1. The first-order valence-corrected chi connectivity index (χ1v) is 8.19. The Hall–Kier alpha value is -2.54. The van der Waals surface area contributed by atoms with Crippen molar-refractivity contribution in [2.75, 3.05) is 23.7 Å². The molecule has 0 aliphatic rings. The first kappa shape index (κ1) is 16.8. The summed E-state index contributed by atoms with van der Waals surface area (Å²) in [5.41, 5.74) is 10.2. The molecule has 0 saturated heterocycles. The van der Waals surface area contributed by atoms with Gasteiger partial charge in [0.2, 0.25) is 0 Å².